The van der Waals surface area contributed by atoms with Gasteiger partial charge in [0.1, 0.15) is 0 Å². The molecule has 4 nitrogen and oxygen atoms in total. The summed E-state index contributed by atoms with van der Waals surface area (Å²) < 4.78 is 0. The van der Waals surface area contributed by atoms with Gasteiger partial charge in [-0.15, -0.1) is 0 Å². The van der Waals surface area contributed by atoms with Crippen LogP contribution in [0, 0.1) is 0 Å². The van der Waals surface area contributed by atoms with E-state index in [1.807, 2.05) is 0 Å². The van der Waals surface area contributed by atoms with Gasteiger partial charge in [-0.3, -0.25) is 4.79 Å². The molecule has 1 amide bonds. The van der Waals surface area contributed by atoms with E-state index in [2.05, 4.69) is 5.32 Å². The largest absolute Gasteiger partial charge is 0.390 e. The summed E-state index contributed by atoms with van der Waals surface area (Å²) in [6.07, 6.45) is 0.733. The molecule has 4 heteroatoms. The maximum Gasteiger partial charge on any atom is 0.217 e. The molecule has 1 aliphatic rings. The lowest BCUT2D eigenvalue weighted by atomic mass is 9.90. The van der Waals surface area contributed by atoms with Crippen molar-refractivity contribution in [3.05, 3.63) is 0 Å². The molecular formula is C8H15NO3. The average Bonchev–Trinajstić information content (AvgIpc) is 1.98. The first-order valence-electron chi connectivity index (χ1n) is 4.24. The number of aliphatic hydroxyl groups is 2. The van der Waals surface area contributed by atoms with Crippen LogP contribution in [-0.2, 0) is 4.79 Å². The van der Waals surface area contributed by atoms with Crippen molar-refractivity contribution in [1.82, 2.24) is 5.32 Å². The highest BCUT2D eigenvalue weighted by molar-refractivity contribution is 5.73. The molecular weight excluding hydrogens is 158 g/mol. The van der Waals surface area contributed by atoms with Gasteiger partial charge >= 0.3 is 0 Å². The van der Waals surface area contributed by atoms with Gasteiger partial charge in [-0.2, -0.15) is 0 Å². The van der Waals surface area contributed by atoms with Crippen LogP contribution >= 0.6 is 0 Å². The minimum atomic E-state index is -0.803. The van der Waals surface area contributed by atoms with Gasteiger partial charge in [0, 0.05) is 6.92 Å². The van der Waals surface area contributed by atoms with Crippen LogP contribution in [0.5, 0.6) is 0 Å². The highest BCUT2D eigenvalue weighted by Crippen LogP contribution is 2.18. The fourth-order valence-corrected chi connectivity index (χ4v) is 1.58. The molecule has 0 aromatic rings. The van der Waals surface area contributed by atoms with Crippen molar-refractivity contribution in [3.63, 3.8) is 0 Å². The first kappa shape index (κ1) is 9.48. The Morgan fingerprint density at radius 3 is 2.67 bits per heavy atom. The molecule has 0 heterocycles. The van der Waals surface area contributed by atoms with Gasteiger partial charge in [0.15, 0.2) is 0 Å². The Kier molecular flexibility index (Phi) is 3.05. The zero-order valence-corrected chi connectivity index (χ0v) is 7.16. The summed E-state index contributed by atoms with van der Waals surface area (Å²) in [6, 6.07) is -0.272. The van der Waals surface area contributed by atoms with E-state index in [4.69, 9.17) is 0 Å². The molecule has 0 spiro atoms. The molecule has 70 valence electrons. The number of aliphatic hydroxyl groups excluding tert-OH is 2. The van der Waals surface area contributed by atoms with E-state index >= 15 is 0 Å². The lowest BCUT2D eigenvalue weighted by Crippen LogP contribution is -2.50. The molecule has 0 aromatic carbocycles. The van der Waals surface area contributed by atoms with Crippen molar-refractivity contribution in [1.29, 1.82) is 0 Å². The molecule has 1 saturated carbocycles. The zero-order valence-electron chi connectivity index (χ0n) is 7.16. The normalized spacial score (nSPS) is 36.1. The molecule has 0 bridgehead atoms. The van der Waals surface area contributed by atoms with Crippen LogP contribution in [-0.4, -0.2) is 34.4 Å². The van der Waals surface area contributed by atoms with Gasteiger partial charge in [-0.25, -0.2) is 0 Å². The summed E-state index contributed by atoms with van der Waals surface area (Å²) in [5.41, 5.74) is 0. The summed E-state index contributed by atoms with van der Waals surface area (Å²) >= 11 is 0. The Labute approximate surface area is 71.6 Å². The molecule has 0 aliphatic heterocycles. The highest BCUT2D eigenvalue weighted by atomic mass is 16.3. The Hall–Kier alpha value is -0.610. The average molecular weight is 173 g/mol. The summed E-state index contributed by atoms with van der Waals surface area (Å²) in [7, 11) is 0. The van der Waals surface area contributed by atoms with E-state index in [1.165, 1.54) is 6.92 Å². The number of carbonyl (C=O) groups excluding carboxylic acids is 1. The Morgan fingerprint density at radius 1 is 1.42 bits per heavy atom. The van der Waals surface area contributed by atoms with E-state index < -0.39 is 12.2 Å². The first-order valence-corrected chi connectivity index (χ1v) is 4.24. The predicted octanol–water partition coefficient (Wildman–Crippen LogP) is -0.603. The minimum absolute atomic E-state index is 0.159. The summed E-state index contributed by atoms with van der Waals surface area (Å²) in [4.78, 5) is 10.7. The highest BCUT2D eigenvalue weighted by Gasteiger charge is 2.30. The van der Waals surface area contributed by atoms with Crippen LogP contribution in [0.1, 0.15) is 26.2 Å². The fraction of sp³-hybridized carbons (Fsp3) is 0.875. The van der Waals surface area contributed by atoms with Crippen LogP contribution in [0.3, 0.4) is 0 Å². The molecule has 1 rings (SSSR count). The molecule has 0 aromatic heterocycles. The van der Waals surface area contributed by atoms with Gasteiger partial charge in [0.2, 0.25) is 5.91 Å². The number of rotatable bonds is 1. The van der Waals surface area contributed by atoms with Gasteiger partial charge < -0.3 is 15.5 Å². The number of amides is 1. The van der Waals surface area contributed by atoms with Crippen molar-refractivity contribution in [2.45, 2.75) is 44.4 Å². The number of hydrogen-bond acceptors (Lipinski definition) is 3. The standard InChI is InChI=1S/C8H15NO3/c1-5(10)9-6-3-2-4-7(11)8(6)12/h6-8,11-12H,2-4H2,1H3,(H,9,10). The Balaban J connectivity index is 2.46. The van der Waals surface area contributed by atoms with E-state index in [1.54, 1.807) is 0 Å². The molecule has 0 radical (unpaired) electrons. The predicted molar refractivity (Wildman–Crippen MR) is 43.5 cm³/mol. The second-order valence-corrected chi connectivity index (χ2v) is 3.30. The smallest absolute Gasteiger partial charge is 0.217 e. The topological polar surface area (TPSA) is 69.6 Å². The molecule has 1 aliphatic carbocycles. The van der Waals surface area contributed by atoms with E-state index in [0.29, 0.717) is 6.42 Å². The summed E-state index contributed by atoms with van der Waals surface area (Å²) in [6.45, 7) is 1.41. The molecule has 3 N–H and O–H groups in total. The van der Waals surface area contributed by atoms with Gasteiger partial charge in [0.25, 0.3) is 0 Å². The van der Waals surface area contributed by atoms with Crippen LogP contribution in [0.15, 0.2) is 0 Å². The molecule has 0 saturated heterocycles. The number of hydrogen-bond donors (Lipinski definition) is 3. The van der Waals surface area contributed by atoms with Crippen LogP contribution in [0.25, 0.3) is 0 Å². The molecule has 3 atom stereocenters. The minimum Gasteiger partial charge on any atom is -0.390 e. The molecule has 12 heavy (non-hydrogen) atoms. The summed E-state index contributed by atoms with van der Waals surface area (Å²) in [5, 5.41) is 21.3. The SMILES string of the molecule is CC(=O)NC1CCCC(O)C1O. The van der Waals surface area contributed by atoms with Crippen molar-refractivity contribution < 1.29 is 15.0 Å². The first-order chi connectivity index (χ1) is 5.61. The maximum absolute atomic E-state index is 10.7. The van der Waals surface area contributed by atoms with Gasteiger partial charge in [-0.05, 0) is 19.3 Å². The molecule has 3 unspecified atom stereocenters. The van der Waals surface area contributed by atoms with Crippen LogP contribution in [0.4, 0.5) is 0 Å². The monoisotopic (exact) mass is 173 g/mol. The van der Waals surface area contributed by atoms with Crippen molar-refractivity contribution in [3.8, 4) is 0 Å². The van der Waals surface area contributed by atoms with Crippen LogP contribution < -0.4 is 5.32 Å². The number of nitrogens with one attached hydrogen (secondary N) is 1. The summed E-state index contributed by atoms with van der Waals surface area (Å²) in [5.74, 6) is -0.159. The van der Waals surface area contributed by atoms with Crippen molar-refractivity contribution in [2.75, 3.05) is 0 Å². The fourth-order valence-electron chi connectivity index (χ4n) is 1.58. The van der Waals surface area contributed by atoms with Gasteiger partial charge in [0.05, 0.1) is 18.2 Å². The van der Waals surface area contributed by atoms with Crippen molar-refractivity contribution in [2.24, 2.45) is 0 Å². The lowest BCUT2D eigenvalue weighted by molar-refractivity contribution is -0.122. The Bertz CT molecular complexity index is 172. The van der Waals surface area contributed by atoms with E-state index in [-0.39, 0.29) is 11.9 Å². The van der Waals surface area contributed by atoms with E-state index in [9.17, 15) is 15.0 Å². The number of carbonyl (C=O) groups is 1. The zero-order chi connectivity index (χ0) is 9.14. The van der Waals surface area contributed by atoms with Crippen molar-refractivity contribution >= 4 is 5.91 Å². The quantitative estimate of drug-likeness (QED) is 0.496. The molecule has 1 fully saturated rings. The second kappa shape index (κ2) is 3.87. The lowest BCUT2D eigenvalue weighted by Gasteiger charge is -2.31. The third kappa shape index (κ3) is 2.19. The third-order valence-electron chi connectivity index (χ3n) is 2.21. The van der Waals surface area contributed by atoms with E-state index in [0.717, 1.165) is 12.8 Å². The Morgan fingerprint density at radius 2 is 2.08 bits per heavy atom. The third-order valence-corrected chi connectivity index (χ3v) is 2.21. The van der Waals surface area contributed by atoms with Gasteiger partial charge in [-0.1, -0.05) is 0 Å². The van der Waals surface area contributed by atoms with Crippen LogP contribution in [0.2, 0.25) is 0 Å². The second-order valence-electron chi connectivity index (χ2n) is 3.30. The maximum atomic E-state index is 10.7.